The zero-order valence-corrected chi connectivity index (χ0v) is 14.6. The number of fused-ring (bicyclic) bond motifs is 1. The van der Waals surface area contributed by atoms with Gasteiger partial charge in [0.2, 0.25) is 0 Å². The first-order valence-electron chi connectivity index (χ1n) is 7.74. The lowest BCUT2D eigenvalue weighted by molar-refractivity contribution is 0.178. The van der Waals surface area contributed by atoms with Gasteiger partial charge in [-0.15, -0.1) is 11.3 Å². The second-order valence-electron chi connectivity index (χ2n) is 5.74. The molecule has 0 radical (unpaired) electrons. The first-order valence-corrected chi connectivity index (χ1v) is 10.1. The third-order valence-corrected chi connectivity index (χ3v) is 7.52. The fraction of sp³-hybridized carbons (Fsp3) is 0.312. The fourth-order valence-corrected chi connectivity index (χ4v) is 5.50. The Bertz CT molecular complexity index is 927. The van der Waals surface area contributed by atoms with Gasteiger partial charge in [-0.3, -0.25) is 4.90 Å². The van der Waals surface area contributed by atoms with E-state index in [0.717, 1.165) is 16.7 Å². The average molecular weight is 363 g/mol. The number of aromatic nitrogens is 1. The molecule has 0 N–H and O–H groups in total. The maximum Gasteiger partial charge on any atom is 0.252 e. The van der Waals surface area contributed by atoms with Gasteiger partial charge in [-0.25, -0.2) is 8.42 Å². The molecule has 0 amide bonds. The Kier molecular flexibility index (Phi) is 4.13. The molecule has 1 saturated heterocycles. The molecule has 0 unspecified atom stereocenters. The number of piperazine rings is 1. The lowest BCUT2D eigenvalue weighted by Gasteiger charge is -2.33. The SMILES string of the molecule is O=S(=O)(c1cccs1)N1CCN(Cc2noc3ccccc23)CC1. The van der Waals surface area contributed by atoms with Crippen LogP contribution in [0.25, 0.3) is 11.0 Å². The second kappa shape index (κ2) is 6.29. The highest BCUT2D eigenvalue weighted by atomic mass is 32.2. The zero-order chi connectivity index (χ0) is 16.6. The maximum atomic E-state index is 12.5. The molecule has 0 bridgehead atoms. The minimum Gasteiger partial charge on any atom is -0.356 e. The van der Waals surface area contributed by atoms with E-state index in [9.17, 15) is 8.42 Å². The van der Waals surface area contributed by atoms with Crippen molar-refractivity contribution in [1.29, 1.82) is 0 Å². The van der Waals surface area contributed by atoms with E-state index in [1.54, 1.807) is 21.8 Å². The molecule has 2 aromatic heterocycles. The molecule has 3 aromatic rings. The molecule has 0 atom stereocenters. The number of sulfonamides is 1. The number of hydrogen-bond acceptors (Lipinski definition) is 6. The molecule has 0 spiro atoms. The summed E-state index contributed by atoms with van der Waals surface area (Å²) in [6.07, 6.45) is 0. The lowest BCUT2D eigenvalue weighted by Crippen LogP contribution is -2.48. The first kappa shape index (κ1) is 15.8. The van der Waals surface area contributed by atoms with E-state index in [-0.39, 0.29) is 0 Å². The summed E-state index contributed by atoms with van der Waals surface area (Å²) in [6, 6.07) is 11.2. The number of thiophene rings is 1. The van der Waals surface area contributed by atoms with Gasteiger partial charge in [0.25, 0.3) is 10.0 Å². The molecule has 1 aliphatic rings. The third-order valence-electron chi connectivity index (χ3n) is 4.25. The Labute approximate surface area is 144 Å². The predicted molar refractivity (Wildman–Crippen MR) is 92.4 cm³/mol. The van der Waals surface area contributed by atoms with Gasteiger partial charge < -0.3 is 4.52 Å². The van der Waals surface area contributed by atoms with Crippen molar-refractivity contribution in [3.63, 3.8) is 0 Å². The fourth-order valence-electron chi connectivity index (χ4n) is 2.93. The van der Waals surface area contributed by atoms with E-state index in [1.807, 2.05) is 24.3 Å². The van der Waals surface area contributed by atoms with Crippen LogP contribution in [0.1, 0.15) is 5.69 Å². The van der Waals surface area contributed by atoms with Gasteiger partial charge >= 0.3 is 0 Å². The van der Waals surface area contributed by atoms with Crippen molar-refractivity contribution in [3.8, 4) is 0 Å². The van der Waals surface area contributed by atoms with Crippen molar-refractivity contribution in [2.24, 2.45) is 0 Å². The molecule has 8 heteroatoms. The van der Waals surface area contributed by atoms with Crippen LogP contribution in [0.3, 0.4) is 0 Å². The van der Waals surface area contributed by atoms with Gasteiger partial charge in [0, 0.05) is 38.1 Å². The normalized spacial score (nSPS) is 17.5. The molecule has 24 heavy (non-hydrogen) atoms. The molecule has 1 fully saturated rings. The van der Waals surface area contributed by atoms with Crippen LogP contribution in [0.4, 0.5) is 0 Å². The average Bonchev–Trinajstić information content (AvgIpc) is 3.26. The van der Waals surface area contributed by atoms with Gasteiger partial charge in [0.15, 0.2) is 5.58 Å². The van der Waals surface area contributed by atoms with Gasteiger partial charge in [0.05, 0.1) is 0 Å². The van der Waals surface area contributed by atoms with Crippen molar-refractivity contribution in [3.05, 3.63) is 47.5 Å². The minimum atomic E-state index is -3.35. The highest BCUT2D eigenvalue weighted by Crippen LogP contribution is 2.23. The summed E-state index contributed by atoms with van der Waals surface area (Å²) in [7, 11) is -3.35. The van der Waals surface area contributed by atoms with Crippen LogP contribution in [-0.2, 0) is 16.6 Å². The van der Waals surface area contributed by atoms with E-state index in [4.69, 9.17) is 4.52 Å². The van der Waals surface area contributed by atoms with Gasteiger partial charge in [-0.2, -0.15) is 4.31 Å². The van der Waals surface area contributed by atoms with Gasteiger partial charge in [-0.05, 0) is 23.6 Å². The van der Waals surface area contributed by atoms with Crippen LogP contribution >= 0.6 is 11.3 Å². The lowest BCUT2D eigenvalue weighted by atomic mass is 10.2. The molecule has 1 aromatic carbocycles. The minimum absolute atomic E-state index is 0.415. The van der Waals surface area contributed by atoms with E-state index < -0.39 is 10.0 Å². The summed E-state index contributed by atoms with van der Waals surface area (Å²) in [5.74, 6) is 0. The molecular weight excluding hydrogens is 346 g/mol. The Balaban J connectivity index is 1.43. The second-order valence-corrected chi connectivity index (χ2v) is 8.85. The molecule has 6 nitrogen and oxygen atoms in total. The molecular formula is C16H17N3O3S2. The van der Waals surface area contributed by atoms with Crippen LogP contribution in [0.5, 0.6) is 0 Å². The van der Waals surface area contributed by atoms with Crippen molar-refractivity contribution in [2.45, 2.75) is 10.8 Å². The number of rotatable bonds is 4. The molecule has 0 saturated carbocycles. The summed E-state index contributed by atoms with van der Waals surface area (Å²) in [5.41, 5.74) is 1.69. The molecule has 126 valence electrons. The van der Waals surface area contributed by atoms with Gasteiger partial charge in [-0.1, -0.05) is 23.4 Å². The van der Waals surface area contributed by atoms with Crippen LogP contribution in [0, 0.1) is 0 Å². The molecule has 3 heterocycles. The summed E-state index contributed by atoms with van der Waals surface area (Å²) in [5, 5.41) is 6.96. The quantitative estimate of drug-likeness (QED) is 0.712. The smallest absolute Gasteiger partial charge is 0.252 e. The Morgan fingerprint density at radius 2 is 1.88 bits per heavy atom. The standard InChI is InChI=1S/C16H17N3O3S2/c20-24(21,16-6-3-11-23-16)19-9-7-18(8-10-19)12-14-13-4-1-2-5-15(13)22-17-14/h1-6,11H,7-10,12H2. The Morgan fingerprint density at radius 1 is 1.08 bits per heavy atom. The van der Waals surface area contributed by atoms with E-state index in [1.165, 1.54) is 11.3 Å². The number of nitrogens with zero attached hydrogens (tertiary/aromatic N) is 3. The van der Waals surface area contributed by atoms with E-state index >= 15 is 0 Å². The summed E-state index contributed by atoms with van der Waals surface area (Å²) in [4.78, 5) is 2.21. The van der Waals surface area contributed by atoms with E-state index in [2.05, 4.69) is 10.1 Å². The van der Waals surface area contributed by atoms with E-state index in [0.29, 0.717) is 36.9 Å². The Morgan fingerprint density at radius 3 is 2.62 bits per heavy atom. The monoisotopic (exact) mass is 363 g/mol. The molecule has 0 aliphatic carbocycles. The zero-order valence-electron chi connectivity index (χ0n) is 13.0. The van der Waals surface area contributed by atoms with Crippen molar-refractivity contribution < 1.29 is 12.9 Å². The predicted octanol–water partition coefficient (Wildman–Crippen LogP) is 2.40. The van der Waals surface area contributed by atoms with Gasteiger partial charge in [0.1, 0.15) is 9.90 Å². The highest BCUT2D eigenvalue weighted by molar-refractivity contribution is 7.91. The number of hydrogen-bond donors (Lipinski definition) is 0. The van der Waals surface area contributed by atoms with Crippen LogP contribution < -0.4 is 0 Å². The topological polar surface area (TPSA) is 66.7 Å². The largest absolute Gasteiger partial charge is 0.356 e. The van der Waals surface area contributed by atoms with Crippen molar-refractivity contribution >= 4 is 32.3 Å². The summed E-state index contributed by atoms with van der Waals surface area (Å²) >= 11 is 1.26. The first-order chi connectivity index (χ1) is 11.6. The third kappa shape index (κ3) is 2.86. The van der Waals surface area contributed by atoms with Crippen molar-refractivity contribution in [1.82, 2.24) is 14.4 Å². The van der Waals surface area contributed by atoms with Crippen LogP contribution in [0.2, 0.25) is 0 Å². The van der Waals surface area contributed by atoms with Crippen LogP contribution in [0.15, 0.2) is 50.5 Å². The number of para-hydroxylation sites is 1. The summed E-state index contributed by atoms with van der Waals surface area (Å²) in [6.45, 7) is 3.04. The summed E-state index contributed by atoms with van der Waals surface area (Å²) < 4.78 is 32.4. The number of benzene rings is 1. The van der Waals surface area contributed by atoms with Crippen molar-refractivity contribution in [2.75, 3.05) is 26.2 Å². The highest BCUT2D eigenvalue weighted by Gasteiger charge is 2.29. The molecule has 1 aliphatic heterocycles. The maximum absolute atomic E-state index is 12.5. The Hall–Kier alpha value is -1.74. The molecule has 4 rings (SSSR count). The van der Waals surface area contributed by atoms with Crippen LogP contribution in [-0.4, -0.2) is 49.0 Å².